The molecule has 2 N–H and O–H groups in total. The molecule has 2 heteroatoms. The summed E-state index contributed by atoms with van der Waals surface area (Å²) in [6.45, 7) is 2.16. The lowest BCUT2D eigenvalue weighted by molar-refractivity contribution is 0.462. The minimum absolute atomic E-state index is 0.284. The second-order valence-corrected chi connectivity index (χ2v) is 4.82. The second-order valence-electron chi connectivity index (χ2n) is 4.82. The molecule has 0 bridgehead atoms. The Labute approximate surface area is 114 Å². The highest BCUT2D eigenvalue weighted by atomic mass is 16.3. The predicted molar refractivity (Wildman–Crippen MR) is 77.6 cm³/mol. The lowest BCUT2D eigenvalue weighted by Gasteiger charge is -2.12. The van der Waals surface area contributed by atoms with Crippen LogP contribution in [0.3, 0.4) is 0 Å². The Balaban J connectivity index is 2.31. The minimum Gasteiger partial charge on any atom is -0.508 e. The van der Waals surface area contributed by atoms with Crippen LogP contribution in [0.15, 0.2) is 42.5 Å². The summed E-state index contributed by atoms with van der Waals surface area (Å²) in [7, 11) is 0. The number of hydrogen-bond acceptors (Lipinski definition) is 2. The molecule has 19 heavy (non-hydrogen) atoms. The Morgan fingerprint density at radius 3 is 2.26 bits per heavy atom. The number of benzene rings is 2. The monoisotopic (exact) mass is 256 g/mol. The fourth-order valence-electron chi connectivity index (χ4n) is 2.28. The molecule has 2 nitrogen and oxygen atoms in total. The molecule has 2 rings (SSSR count). The first-order valence-corrected chi connectivity index (χ1v) is 6.79. The van der Waals surface area contributed by atoms with Crippen LogP contribution in [-0.2, 0) is 12.8 Å². The third-order valence-corrected chi connectivity index (χ3v) is 3.41. The number of phenolic OH excluding ortho intramolecular Hbond substituents is 2. The van der Waals surface area contributed by atoms with E-state index in [1.54, 1.807) is 12.1 Å². The van der Waals surface area contributed by atoms with Crippen LogP contribution in [0.2, 0.25) is 0 Å². The van der Waals surface area contributed by atoms with Crippen molar-refractivity contribution in [2.24, 2.45) is 0 Å². The number of aryl methyl sites for hydroxylation is 1. The second kappa shape index (κ2) is 6.28. The Bertz CT molecular complexity index is 547. The zero-order chi connectivity index (χ0) is 13.7. The van der Waals surface area contributed by atoms with Gasteiger partial charge < -0.3 is 10.2 Å². The molecule has 0 amide bonds. The Morgan fingerprint density at radius 2 is 1.53 bits per heavy atom. The molecule has 0 aliphatic carbocycles. The molecular formula is C17H20O2. The molecule has 0 fully saturated rings. The van der Waals surface area contributed by atoms with Gasteiger partial charge in [-0.1, -0.05) is 43.7 Å². The maximum Gasteiger partial charge on any atom is 0.119 e. The molecule has 0 unspecified atom stereocenters. The predicted octanol–water partition coefficient (Wildman–Crippen LogP) is 4.03. The summed E-state index contributed by atoms with van der Waals surface area (Å²) < 4.78 is 0. The van der Waals surface area contributed by atoms with Crippen LogP contribution in [0.4, 0.5) is 0 Å². The summed E-state index contributed by atoms with van der Waals surface area (Å²) in [5.41, 5.74) is 2.95. The maximum atomic E-state index is 10.1. The van der Waals surface area contributed by atoms with E-state index >= 15 is 0 Å². The third kappa shape index (κ3) is 3.28. The van der Waals surface area contributed by atoms with Crippen LogP contribution in [0.25, 0.3) is 0 Å². The van der Waals surface area contributed by atoms with E-state index in [2.05, 4.69) is 13.0 Å². The Morgan fingerprint density at radius 1 is 0.842 bits per heavy atom. The van der Waals surface area contributed by atoms with Crippen molar-refractivity contribution in [1.29, 1.82) is 0 Å². The smallest absolute Gasteiger partial charge is 0.119 e. The summed E-state index contributed by atoms with van der Waals surface area (Å²) >= 11 is 0. The van der Waals surface area contributed by atoms with E-state index in [-0.39, 0.29) is 5.75 Å². The minimum atomic E-state index is 0.284. The normalized spacial score (nSPS) is 10.6. The van der Waals surface area contributed by atoms with Crippen LogP contribution in [0.5, 0.6) is 11.5 Å². The van der Waals surface area contributed by atoms with Gasteiger partial charge in [-0.05, 0) is 36.1 Å². The number of unbranched alkanes of at least 4 members (excludes halogenated alkanes) is 1. The molecule has 2 aromatic carbocycles. The van der Waals surface area contributed by atoms with Gasteiger partial charge in [0.25, 0.3) is 0 Å². The van der Waals surface area contributed by atoms with Gasteiger partial charge in [-0.2, -0.15) is 0 Å². The van der Waals surface area contributed by atoms with Crippen molar-refractivity contribution in [2.75, 3.05) is 0 Å². The fraction of sp³-hybridized carbons (Fsp3) is 0.294. The quantitative estimate of drug-likeness (QED) is 0.848. The maximum absolute atomic E-state index is 10.1. The van der Waals surface area contributed by atoms with Crippen molar-refractivity contribution >= 4 is 0 Å². The first-order chi connectivity index (χ1) is 9.22. The van der Waals surface area contributed by atoms with E-state index in [1.807, 2.05) is 24.3 Å². The molecule has 0 aromatic heterocycles. The number of hydrogen-bond donors (Lipinski definition) is 2. The summed E-state index contributed by atoms with van der Waals surface area (Å²) in [6, 6.07) is 12.9. The molecule has 100 valence electrons. The van der Waals surface area contributed by atoms with Gasteiger partial charge in [0.2, 0.25) is 0 Å². The van der Waals surface area contributed by atoms with Crippen LogP contribution in [-0.4, -0.2) is 10.2 Å². The van der Waals surface area contributed by atoms with Gasteiger partial charge in [-0.25, -0.2) is 0 Å². The Kier molecular flexibility index (Phi) is 4.45. The van der Waals surface area contributed by atoms with Gasteiger partial charge in [-0.15, -0.1) is 0 Å². The van der Waals surface area contributed by atoms with Crippen molar-refractivity contribution in [3.63, 3.8) is 0 Å². The van der Waals surface area contributed by atoms with Crippen LogP contribution < -0.4 is 0 Å². The Hall–Kier alpha value is -1.96. The number of phenols is 2. The van der Waals surface area contributed by atoms with Crippen molar-refractivity contribution in [1.82, 2.24) is 0 Å². The number of aromatic hydroxyl groups is 2. The van der Waals surface area contributed by atoms with Crippen molar-refractivity contribution in [3.8, 4) is 11.5 Å². The molecule has 0 atom stereocenters. The SMILES string of the molecule is CCCCc1cccc(O)c1Cc1ccccc1O. The molecule has 0 aliphatic heterocycles. The molecule has 0 radical (unpaired) electrons. The largest absolute Gasteiger partial charge is 0.508 e. The first-order valence-electron chi connectivity index (χ1n) is 6.79. The highest BCUT2D eigenvalue weighted by molar-refractivity contribution is 5.45. The standard InChI is InChI=1S/C17H20O2/c1-2-3-7-13-9-6-11-17(19)15(13)12-14-8-4-5-10-16(14)18/h4-6,8-11,18-19H,2-3,7,12H2,1H3. The van der Waals surface area contributed by atoms with Crippen molar-refractivity contribution < 1.29 is 10.2 Å². The van der Waals surface area contributed by atoms with Crippen molar-refractivity contribution in [2.45, 2.75) is 32.6 Å². The van der Waals surface area contributed by atoms with Gasteiger partial charge in [0.1, 0.15) is 11.5 Å². The topological polar surface area (TPSA) is 40.5 Å². The molecular weight excluding hydrogens is 236 g/mol. The van der Waals surface area contributed by atoms with E-state index in [0.717, 1.165) is 30.4 Å². The van der Waals surface area contributed by atoms with E-state index in [0.29, 0.717) is 12.2 Å². The van der Waals surface area contributed by atoms with Crippen molar-refractivity contribution in [3.05, 3.63) is 59.2 Å². The zero-order valence-electron chi connectivity index (χ0n) is 11.3. The van der Waals surface area contributed by atoms with Gasteiger partial charge in [0, 0.05) is 12.0 Å². The van der Waals surface area contributed by atoms with Gasteiger partial charge in [-0.3, -0.25) is 0 Å². The lowest BCUT2D eigenvalue weighted by atomic mass is 9.95. The molecule has 0 saturated heterocycles. The number of para-hydroxylation sites is 1. The summed E-state index contributed by atoms with van der Waals surface area (Å²) in [4.78, 5) is 0. The van der Waals surface area contributed by atoms with Gasteiger partial charge in [0.05, 0.1) is 0 Å². The van der Waals surface area contributed by atoms with Crippen LogP contribution >= 0.6 is 0 Å². The number of rotatable bonds is 5. The van der Waals surface area contributed by atoms with E-state index < -0.39 is 0 Å². The average Bonchev–Trinajstić information content (AvgIpc) is 2.41. The van der Waals surface area contributed by atoms with E-state index in [1.165, 1.54) is 5.56 Å². The van der Waals surface area contributed by atoms with Gasteiger partial charge in [0.15, 0.2) is 0 Å². The van der Waals surface area contributed by atoms with Crippen LogP contribution in [0, 0.1) is 0 Å². The molecule has 0 aliphatic rings. The van der Waals surface area contributed by atoms with E-state index in [9.17, 15) is 10.2 Å². The fourth-order valence-corrected chi connectivity index (χ4v) is 2.28. The van der Waals surface area contributed by atoms with Gasteiger partial charge >= 0.3 is 0 Å². The highest BCUT2D eigenvalue weighted by Crippen LogP contribution is 2.28. The molecule has 0 saturated carbocycles. The summed E-state index contributed by atoms with van der Waals surface area (Å²) in [5.74, 6) is 0.601. The molecule has 0 heterocycles. The summed E-state index contributed by atoms with van der Waals surface area (Å²) in [6.07, 6.45) is 3.77. The molecule has 2 aromatic rings. The molecule has 0 spiro atoms. The highest BCUT2D eigenvalue weighted by Gasteiger charge is 2.10. The average molecular weight is 256 g/mol. The third-order valence-electron chi connectivity index (χ3n) is 3.41. The van der Waals surface area contributed by atoms with Crippen LogP contribution in [0.1, 0.15) is 36.5 Å². The summed E-state index contributed by atoms with van der Waals surface area (Å²) in [5, 5.41) is 19.9. The zero-order valence-corrected chi connectivity index (χ0v) is 11.3. The lowest BCUT2D eigenvalue weighted by Crippen LogP contribution is -1.97. The first kappa shape index (κ1) is 13.5. The van der Waals surface area contributed by atoms with E-state index in [4.69, 9.17) is 0 Å².